The smallest absolute Gasteiger partial charge is 0.236 e. The summed E-state index contributed by atoms with van der Waals surface area (Å²) in [5, 5.41) is 1.15. The van der Waals surface area contributed by atoms with E-state index in [9.17, 15) is 4.79 Å². The lowest BCUT2D eigenvalue weighted by Gasteiger charge is -2.32. The van der Waals surface area contributed by atoms with Crippen LogP contribution in [0.4, 0.5) is 0 Å². The second-order valence-electron chi connectivity index (χ2n) is 7.00. The van der Waals surface area contributed by atoms with E-state index in [1.807, 2.05) is 31.3 Å². The number of carbonyl (C=O) groups excluding carboxylic acids is 1. The molecule has 0 radical (unpaired) electrons. The van der Waals surface area contributed by atoms with Crippen molar-refractivity contribution in [2.24, 2.45) is 0 Å². The molecule has 1 aromatic heterocycles. The topological polar surface area (TPSA) is 36.4 Å². The number of benzene rings is 1. The Labute approximate surface area is 144 Å². The van der Waals surface area contributed by atoms with Gasteiger partial charge in [0.05, 0.1) is 12.1 Å². The highest BCUT2D eigenvalue weighted by molar-refractivity contribution is 5.79. The summed E-state index contributed by atoms with van der Waals surface area (Å²) in [5.74, 6) is 0.229. The lowest BCUT2D eigenvalue weighted by atomic mass is 9.94. The number of aromatic nitrogens is 1. The molecule has 0 N–H and O–H groups in total. The molecule has 1 amide bonds. The molecule has 1 aliphatic carbocycles. The summed E-state index contributed by atoms with van der Waals surface area (Å²) < 4.78 is 0. The molecule has 0 aliphatic heterocycles. The van der Waals surface area contributed by atoms with Crippen LogP contribution in [-0.2, 0) is 11.3 Å². The van der Waals surface area contributed by atoms with E-state index >= 15 is 0 Å². The van der Waals surface area contributed by atoms with Crippen LogP contribution in [0.3, 0.4) is 0 Å². The lowest BCUT2D eigenvalue weighted by Crippen LogP contribution is -2.43. The monoisotopic (exact) mass is 325 g/mol. The minimum absolute atomic E-state index is 0.229. The zero-order chi connectivity index (χ0) is 16.9. The van der Waals surface area contributed by atoms with E-state index in [1.165, 1.54) is 24.8 Å². The van der Waals surface area contributed by atoms with Crippen molar-refractivity contribution in [1.29, 1.82) is 0 Å². The summed E-state index contributed by atoms with van der Waals surface area (Å²) >= 11 is 0. The molecule has 0 saturated heterocycles. The van der Waals surface area contributed by atoms with E-state index in [4.69, 9.17) is 0 Å². The molecule has 1 heterocycles. The lowest BCUT2D eigenvalue weighted by molar-refractivity contribution is -0.133. The number of rotatable bonds is 5. The van der Waals surface area contributed by atoms with Crippen LogP contribution < -0.4 is 0 Å². The van der Waals surface area contributed by atoms with Gasteiger partial charge in [0.2, 0.25) is 5.91 Å². The number of fused-ring (bicyclic) bond motifs is 1. The van der Waals surface area contributed by atoms with Crippen molar-refractivity contribution < 1.29 is 4.79 Å². The first-order valence-electron chi connectivity index (χ1n) is 8.91. The Morgan fingerprint density at radius 3 is 2.75 bits per heavy atom. The van der Waals surface area contributed by atoms with Crippen LogP contribution in [0.2, 0.25) is 0 Å². The second-order valence-corrected chi connectivity index (χ2v) is 7.00. The van der Waals surface area contributed by atoms with Gasteiger partial charge in [0.25, 0.3) is 0 Å². The zero-order valence-electron chi connectivity index (χ0n) is 14.7. The molecule has 0 spiro atoms. The number of carbonyl (C=O) groups is 1. The predicted molar refractivity (Wildman–Crippen MR) is 97.7 cm³/mol. The highest BCUT2D eigenvalue weighted by Gasteiger charge is 2.22. The maximum absolute atomic E-state index is 12.5. The van der Waals surface area contributed by atoms with Crippen LogP contribution in [0.25, 0.3) is 10.9 Å². The van der Waals surface area contributed by atoms with Gasteiger partial charge in [-0.05, 0) is 43.7 Å². The summed E-state index contributed by atoms with van der Waals surface area (Å²) in [7, 11) is 3.98. The summed E-state index contributed by atoms with van der Waals surface area (Å²) in [5.41, 5.74) is 2.23. The fourth-order valence-corrected chi connectivity index (χ4v) is 3.61. The van der Waals surface area contributed by atoms with E-state index in [1.54, 1.807) is 0 Å². The first-order chi connectivity index (χ1) is 11.6. The molecule has 3 rings (SSSR count). The molecule has 2 aromatic rings. The number of likely N-dealkylation sites (N-methyl/N-ethyl adjacent to an activating group) is 2. The Hall–Kier alpha value is -1.94. The maximum Gasteiger partial charge on any atom is 0.236 e. The minimum atomic E-state index is 0.229. The number of pyridine rings is 1. The van der Waals surface area contributed by atoms with Crippen LogP contribution in [-0.4, -0.2) is 47.4 Å². The van der Waals surface area contributed by atoms with Gasteiger partial charge in [0.1, 0.15) is 0 Å². The van der Waals surface area contributed by atoms with E-state index in [0.29, 0.717) is 12.6 Å². The highest BCUT2D eigenvalue weighted by atomic mass is 16.2. The van der Waals surface area contributed by atoms with E-state index in [-0.39, 0.29) is 5.91 Å². The third kappa shape index (κ3) is 4.12. The molecule has 4 nitrogen and oxygen atoms in total. The zero-order valence-corrected chi connectivity index (χ0v) is 14.7. The van der Waals surface area contributed by atoms with Crippen molar-refractivity contribution in [2.75, 3.05) is 20.6 Å². The molecular weight excluding hydrogens is 298 g/mol. The fourth-order valence-electron chi connectivity index (χ4n) is 3.61. The van der Waals surface area contributed by atoms with Gasteiger partial charge in [-0.1, -0.05) is 31.4 Å². The number of nitrogens with zero attached hydrogens (tertiary/aromatic N) is 3. The fraction of sp³-hybridized carbons (Fsp3) is 0.500. The molecule has 0 atom stereocenters. The average Bonchev–Trinajstić information content (AvgIpc) is 2.61. The third-order valence-corrected chi connectivity index (χ3v) is 5.04. The van der Waals surface area contributed by atoms with Crippen molar-refractivity contribution in [3.8, 4) is 0 Å². The van der Waals surface area contributed by atoms with Crippen LogP contribution in [0, 0.1) is 0 Å². The SMILES string of the molecule is CN(CC(=O)N(C)C1CCCCC1)Cc1ccc2ncccc2c1. The van der Waals surface area contributed by atoms with Crippen molar-refractivity contribution in [1.82, 2.24) is 14.8 Å². The first-order valence-corrected chi connectivity index (χ1v) is 8.91. The summed E-state index contributed by atoms with van der Waals surface area (Å²) in [6, 6.07) is 10.8. The normalized spacial score (nSPS) is 15.8. The summed E-state index contributed by atoms with van der Waals surface area (Å²) in [6.45, 7) is 1.24. The van der Waals surface area contributed by atoms with E-state index in [0.717, 1.165) is 30.3 Å². The van der Waals surface area contributed by atoms with Gasteiger partial charge in [0, 0.05) is 31.2 Å². The van der Waals surface area contributed by atoms with Crippen LogP contribution in [0.15, 0.2) is 36.5 Å². The Morgan fingerprint density at radius 2 is 1.96 bits per heavy atom. The highest BCUT2D eigenvalue weighted by Crippen LogP contribution is 2.22. The number of amides is 1. The summed E-state index contributed by atoms with van der Waals surface area (Å²) in [4.78, 5) is 20.9. The Kier molecular flexibility index (Phi) is 5.46. The third-order valence-electron chi connectivity index (χ3n) is 5.04. The molecule has 1 aliphatic rings. The molecule has 1 saturated carbocycles. The van der Waals surface area contributed by atoms with Crippen LogP contribution >= 0.6 is 0 Å². The molecular formula is C20H27N3O. The van der Waals surface area contributed by atoms with Crippen molar-refractivity contribution >= 4 is 16.8 Å². The minimum Gasteiger partial charge on any atom is -0.342 e. The van der Waals surface area contributed by atoms with Gasteiger partial charge in [0.15, 0.2) is 0 Å². The van der Waals surface area contributed by atoms with Gasteiger partial charge in [-0.15, -0.1) is 0 Å². The van der Waals surface area contributed by atoms with Crippen molar-refractivity contribution in [2.45, 2.75) is 44.7 Å². The molecule has 1 aromatic carbocycles. The van der Waals surface area contributed by atoms with Gasteiger partial charge >= 0.3 is 0 Å². The van der Waals surface area contributed by atoms with Crippen molar-refractivity contribution in [3.05, 3.63) is 42.1 Å². The number of hydrogen-bond donors (Lipinski definition) is 0. The largest absolute Gasteiger partial charge is 0.342 e. The summed E-state index contributed by atoms with van der Waals surface area (Å²) in [6.07, 6.45) is 7.95. The Balaban J connectivity index is 1.57. The van der Waals surface area contributed by atoms with Gasteiger partial charge in [-0.25, -0.2) is 0 Å². The second kappa shape index (κ2) is 7.75. The molecule has 24 heavy (non-hydrogen) atoms. The van der Waals surface area contributed by atoms with Crippen LogP contribution in [0.5, 0.6) is 0 Å². The predicted octanol–water partition coefficient (Wildman–Crippen LogP) is 3.46. The Bertz CT molecular complexity index is 694. The van der Waals surface area contributed by atoms with E-state index < -0.39 is 0 Å². The van der Waals surface area contributed by atoms with E-state index in [2.05, 4.69) is 34.1 Å². The first kappa shape index (κ1) is 16.9. The van der Waals surface area contributed by atoms with Gasteiger partial charge in [-0.2, -0.15) is 0 Å². The molecule has 0 unspecified atom stereocenters. The maximum atomic E-state index is 12.5. The van der Waals surface area contributed by atoms with Gasteiger partial charge in [-0.3, -0.25) is 14.7 Å². The molecule has 128 valence electrons. The standard InChI is InChI=1S/C20H27N3O/c1-22(15-20(24)23(2)18-8-4-3-5-9-18)14-16-10-11-19-17(13-16)7-6-12-21-19/h6-7,10-13,18H,3-5,8-9,14-15H2,1-2H3. The molecule has 1 fully saturated rings. The Morgan fingerprint density at radius 1 is 1.17 bits per heavy atom. The average molecular weight is 325 g/mol. The molecule has 0 bridgehead atoms. The van der Waals surface area contributed by atoms with Crippen molar-refractivity contribution in [3.63, 3.8) is 0 Å². The quantitative estimate of drug-likeness (QED) is 0.845. The van der Waals surface area contributed by atoms with Gasteiger partial charge < -0.3 is 4.90 Å². The van der Waals surface area contributed by atoms with Crippen LogP contribution in [0.1, 0.15) is 37.7 Å². The number of hydrogen-bond acceptors (Lipinski definition) is 3. The molecule has 4 heteroatoms.